The molecule has 5 aromatic carbocycles. The first kappa shape index (κ1) is 24.6. The number of hydrogen-bond donors (Lipinski definition) is 0. The molecule has 0 atom stereocenters. The number of nitrogens with zero attached hydrogens (tertiary/aromatic N) is 2. The Morgan fingerprint density at radius 3 is 1.31 bits per heavy atom. The minimum atomic E-state index is 0.859. The molecule has 0 aliphatic rings. The zero-order chi connectivity index (χ0) is 29.5. The summed E-state index contributed by atoms with van der Waals surface area (Å²) in [5.41, 5.74) is 10.5. The number of thiophene rings is 1. The van der Waals surface area contributed by atoms with Crippen LogP contribution < -0.4 is 0 Å². The average Bonchev–Trinajstić information content (AvgIpc) is 3.78. The maximum atomic E-state index is 6.04. The van der Waals surface area contributed by atoms with E-state index >= 15 is 0 Å². The van der Waals surface area contributed by atoms with Crippen LogP contribution in [0.1, 0.15) is 0 Å². The molecule has 0 saturated heterocycles. The molecule has 5 heteroatoms. The Hall–Kier alpha value is -5.78. The SMILES string of the molecule is c1cc(-c2ccc3oc4ccncc4c3c2)cc(-c2ccc3sc4ccc(-c5ccc6oc7ccncc7c6c5)cc4c3c2)c1. The van der Waals surface area contributed by atoms with Crippen LogP contribution in [-0.2, 0) is 0 Å². The first-order valence-corrected chi connectivity index (χ1v) is 15.7. The molecule has 10 rings (SSSR count). The van der Waals surface area contributed by atoms with E-state index in [1.54, 1.807) is 12.4 Å². The van der Waals surface area contributed by atoms with E-state index in [-0.39, 0.29) is 0 Å². The van der Waals surface area contributed by atoms with Crippen LogP contribution in [0.3, 0.4) is 0 Å². The monoisotopic (exact) mass is 594 g/mol. The molecule has 10 aromatic rings. The molecule has 210 valence electrons. The van der Waals surface area contributed by atoms with Gasteiger partial charge >= 0.3 is 0 Å². The average molecular weight is 595 g/mol. The van der Waals surface area contributed by atoms with Crippen molar-refractivity contribution < 1.29 is 8.83 Å². The minimum Gasteiger partial charge on any atom is -0.456 e. The Labute approximate surface area is 260 Å². The van der Waals surface area contributed by atoms with Gasteiger partial charge < -0.3 is 8.83 Å². The molecule has 0 radical (unpaired) electrons. The highest BCUT2D eigenvalue weighted by Gasteiger charge is 2.13. The van der Waals surface area contributed by atoms with E-state index in [0.29, 0.717) is 0 Å². The molecule has 5 heterocycles. The maximum absolute atomic E-state index is 6.04. The highest BCUT2D eigenvalue weighted by atomic mass is 32.1. The number of rotatable bonds is 3. The van der Waals surface area contributed by atoms with E-state index in [0.717, 1.165) is 55.0 Å². The first-order chi connectivity index (χ1) is 22.2. The number of pyridine rings is 2. The van der Waals surface area contributed by atoms with Crippen molar-refractivity contribution in [1.82, 2.24) is 9.97 Å². The number of benzene rings is 5. The standard InChI is InChI=1S/C40H22N2O2S/c1-2-23(25-4-8-35-29(17-25)33-21-41-14-12-37(33)43-35)16-24(3-1)27-6-10-39-31(19-27)32-20-28(7-11-40(32)45-39)26-5-9-36-30(18-26)34-22-42-15-13-38(34)44-36/h1-22H. The Bertz CT molecular complexity index is 2780. The van der Waals surface area contributed by atoms with E-state index in [9.17, 15) is 0 Å². The molecule has 0 fully saturated rings. The maximum Gasteiger partial charge on any atom is 0.138 e. The lowest BCUT2D eigenvalue weighted by molar-refractivity contribution is 0.668. The van der Waals surface area contributed by atoms with Gasteiger partial charge in [-0.3, -0.25) is 9.97 Å². The normalized spacial score (nSPS) is 12.0. The molecular formula is C40H22N2O2S. The third kappa shape index (κ3) is 3.84. The van der Waals surface area contributed by atoms with Gasteiger partial charge in [-0.15, -0.1) is 11.3 Å². The molecule has 0 unspecified atom stereocenters. The molecule has 0 aliphatic carbocycles. The number of aromatic nitrogens is 2. The van der Waals surface area contributed by atoms with Crippen LogP contribution in [-0.4, -0.2) is 9.97 Å². The van der Waals surface area contributed by atoms with Gasteiger partial charge in [0.25, 0.3) is 0 Å². The van der Waals surface area contributed by atoms with E-state index in [2.05, 4.69) is 107 Å². The fraction of sp³-hybridized carbons (Fsp3) is 0. The van der Waals surface area contributed by atoms with E-state index in [1.165, 1.54) is 42.4 Å². The van der Waals surface area contributed by atoms with Crippen molar-refractivity contribution in [2.45, 2.75) is 0 Å². The lowest BCUT2D eigenvalue weighted by Crippen LogP contribution is -1.82. The highest BCUT2D eigenvalue weighted by Crippen LogP contribution is 2.40. The molecule has 0 saturated carbocycles. The Kier molecular flexibility index (Phi) is 5.12. The van der Waals surface area contributed by atoms with Crippen molar-refractivity contribution in [3.63, 3.8) is 0 Å². The van der Waals surface area contributed by atoms with Crippen molar-refractivity contribution in [3.05, 3.63) is 134 Å². The van der Waals surface area contributed by atoms with Crippen molar-refractivity contribution >= 4 is 75.4 Å². The van der Waals surface area contributed by atoms with Crippen molar-refractivity contribution in [2.75, 3.05) is 0 Å². The summed E-state index contributed by atoms with van der Waals surface area (Å²) in [6.45, 7) is 0. The van der Waals surface area contributed by atoms with E-state index < -0.39 is 0 Å². The molecule has 5 aromatic heterocycles. The van der Waals surface area contributed by atoms with Crippen LogP contribution in [0.15, 0.2) is 143 Å². The molecule has 0 spiro atoms. The molecule has 4 nitrogen and oxygen atoms in total. The quantitative estimate of drug-likeness (QED) is 0.204. The molecule has 0 amide bonds. The first-order valence-electron chi connectivity index (χ1n) is 14.9. The van der Waals surface area contributed by atoms with Gasteiger partial charge in [0, 0.05) is 66.5 Å². The van der Waals surface area contributed by atoms with Crippen LogP contribution in [0.4, 0.5) is 0 Å². The highest BCUT2D eigenvalue weighted by molar-refractivity contribution is 7.25. The third-order valence-corrected chi connectivity index (χ3v) is 10.0. The molecule has 0 bridgehead atoms. The summed E-state index contributed by atoms with van der Waals surface area (Å²) in [7, 11) is 0. The fourth-order valence-electron chi connectivity index (χ4n) is 6.62. The largest absolute Gasteiger partial charge is 0.456 e. The van der Waals surface area contributed by atoms with E-state index in [4.69, 9.17) is 8.83 Å². The van der Waals surface area contributed by atoms with Crippen LogP contribution in [0, 0.1) is 0 Å². The van der Waals surface area contributed by atoms with Gasteiger partial charge in [-0.25, -0.2) is 0 Å². The predicted molar refractivity (Wildman–Crippen MR) is 186 cm³/mol. The Morgan fingerprint density at radius 1 is 0.378 bits per heavy atom. The second-order valence-corrected chi connectivity index (χ2v) is 12.6. The van der Waals surface area contributed by atoms with Crippen LogP contribution in [0.5, 0.6) is 0 Å². The van der Waals surface area contributed by atoms with Crippen molar-refractivity contribution in [2.24, 2.45) is 0 Å². The van der Waals surface area contributed by atoms with Gasteiger partial charge in [-0.2, -0.15) is 0 Å². The summed E-state index contributed by atoms with van der Waals surface area (Å²) in [6.07, 6.45) is 7.29. The van der Waals surface area contributed by atoms with Gasteiger partial charge in [-0.05, 0) is 100 Å². The minimum absolute atomic E-state index is 0.859. The number of fused-ring (bicyclic) bond motifs is 9. The summed E-state index contributed by atoms with van der Waals surface area (Å²) in [4.78, 5) is 8.63. The summed E-state index contributed by atoms with van der Waals surface area (Å²) in [5, 5.41) is 6.80. The second-order valence-electron chi connectivity index (χ2n) is 11.5. The van der Waals surface area contributed by atoms with Gasteiger partial charge in [0.05, 0.1) is 0 Å². The summed E-state index contributed by atoms with van der Waals surface area (Å²) < 4.78 is 14.6. The molecular weight excluding hydrogens is 573 g/mol. The Morgan fingerprint density at radius 2 is 0.800 bits per heavy atom. The smallest absolute Gasteiger partial charge is 0.138 e. The van der Waals surface area contributed by atoms with Gasteiger partial charge in [0.15, 0.2) is 0 Å². The fourth-order valence-corrected chi connectivity index (χ4v) is 7.68. The summed E-state index contributed by atoms with van der Waals surface area (Å²) >= 11 is 1.84. The number of furan rings is 2. The topological polar surface area (TPSA) is 52.1 Å². The summed E-state index contributed by atoms with van der Waals surface area (Å²) in [6, 6.07) is 39.1. The van der Waals surface area contributed by atoms with Crippen LogP contribution in [0.25, 0.3) is 97.4 Å². The second kappa shape index (κ2) is 9.36. The zero-order valence-electron chi connectivity index (χ0n) is 23.8. The van der Waals surface area contributed by atoms with E-state index in [1.807, 2.05) is 35.9 Å². The van der Waals surface area contributed by atoms with Gasteiger partial charge in [0.1, 0.15) is 22.3 Å². The lowest BCUT2D eigenvalue weighted by atomic mass is 9.96. The summed E-state index contributed by atoms with van der Waals surface area (Å²) in [5.74, 6) is 0. The Balaban J connectivity index is 1.07. The van der Waals surface area contributed by atoms with Crippen LogP contribution in [0.2, 0.25) is 0 Å². The van der Waals surface area contributed by atoms with Crippen molar-refractivity contribution in [3.8, 4) is 33.4 Å². The zero-order valence-corrected chi connectivity index (χ0v) is 24.6. The van der Waals surface area contributed by atoms with Crippen molar-refractivity contribution in [1.29, 1.82) is 0 Å². The predicted octanol–water partition coefficient (Wildman–Crippen LogP) is 11.6. The molecule has 0 N–H and O–H groups in total. The lowest BCUT2D eigenvalue weighted by Gasteiger charge is -2.07. The van der Waals surface area contributed by atoms with Crippen LogP contribution >= 0.6 is 11.3 Å². The van der Waals surface area contributed by atoms with Gasteiger partial charge in [-0.1, -0.05) is 42.5 Å². The molecule has 45 heavy (non-hydrogen) atoms. The molecule has 0 aliphatic heterocycles. The van der Waals surface area contributed by atoms with Gasteiger partial charge in [0.2, 0.25) is 0 Å². The third-order valence-electron chi connectivity index (χ3n) is 8.87. The number of hydrogen-bond acceptors (Lipinski definition) is 5.